The van der Waals surface area contributed by atoms with Crippen LogP contribution in [0.25, 0.3) is 0 Å². The van der Waals surface area contributed by atoms with Gasteiger partial charge in [0.15, 0.2) is 11.5 Å². The highest BCUT2D eigenvalue weighted by atomic mass is 16.3. The van der Waals surface area contributed by atoms with Gasteiger partial charge < -0.3 is 26.4 Å². The van der Waals surface area contributed by atoms with Gasteiger partial charge in [-0.05, 0) is 86.9 Å². The fourth-order valence-corrected chi connectivity index (χ4v) is 4.56. The van der Waals surface area contributed by atoms with Gasteiger partial charge in [0, 0.05) is 11.6 Å². The van der Waals surface area contributed by atoms with Gasteiger partial charge in [0.1, 0.15) is 5.75 Å². The molecule has 2 atom stereocenters. The Morgan fingerprint density at radius 1 is 0.967 bits per heavy atom. The number of nitrogens with two attached hydrogens (primary N) is 1. The molecule has 0 radical (unpaired) electrons. The minimum absolute atomic E-state index is 0.0315. The standard InChI is InChI=1S/C25H36N2O3/c1-17-16-18(7-11-23(17)28)13-15-27-14-5-3-2-4-6-20-19-9-12-24(29)25(30)21(19)8-10-22(20)26/h7,9,11-12,16,20,22,27-30H,2-6,8,10,13-15,26H2,1H3. The van der Waals surface area contributed by atoms with Crippen molar-refractivity contribution in [3.63, 3.8) is 0 Å². The zero-order chi connectivity index (χ0) is 21.5. The van der Waals surface area contributed by atoms with E-state index in [9.17, 15) is 15.3 Å². The molecule has 0 bridgehead atoms. The van der Waals surface area contributed by atoms with E-state index >= 15 is 0 Å². The molecule has 0 fully saturated rings. The van der Waals surface area contributed by atoms with Crippen LogP contribution in [0.5, 0.6) is 17.2 Å². The van der Waals surface area contributed by atoms with Gasteiger partial charge in [-0.15, -0.1) is 0 Å². The summed E-state index contributed by atoms with van der Waals surface area (Å²) in [4.78, 5) is 0. The lowest BCUT2D eigenvalue weighted by Gasteiger charge is -2.32. The topological polar surface area (TPSA) is 98.7 Å². The number of benzene rings is 2. The Labute approximate surface area is 179 Å². The quantitative estimate of drug-likeness (QED) is 0.297. The number of phenolic OH excluding ortho intramolecular Hbond substituents is 3. The number of nitrogens with one attached hydrogen (secondary N) is 1. The Hall–Kier alpha value is -2.24. The molecule has 0 spiro atoms. The number of fused-ring (bicyclic) bond motifs is 1. The summed E-state index contributed by atoms with van der Waals surface area (Å²) in [5, 5.41) is 33.0. The largest absolute Gasteiger partial charge is 0.508 e. The van der Waals surface area contributed by atoms with Crippen molar-refractivity contribution in [3.05, 3.63) is 52.6 Å². The second-order valence-corrected chi connectivity index (χ2v) is 8.63. The average Bonchev–Trinajstić information content (AvgIpc) is 2.73. The van der Waals surface area contributed by atoms with Gasteiger partial charge in [-0.3, -0.25) is 0 Å². The third-order valence-electron chi connectivity index (χ3n) is 6.41. The van der Waals surface area contributed by atoms with Crippen LogP contribution < -0.4 is 11.1 Å². The SMILES string of the molecule is Cc1cc(CCNCCCCCCC2c3ccc(O)c(O)c3CCC2N)ccc1O. The van der Waals surface area contributed by atoms with Gasteiger partial charge in [-0.25, -0.2) is 0 Å². The zero-order valence-corrected chi connectivity index (χ0v) is 18.0. The van der Waals surface area contributed by atoms with E-state index in [1.807, 2.05) is 25.1 Å². The molecule has 0 saturated heterocycles. The summed E-state index contributed by atoms with van der Waals surface area (Å²) in [6, 6.07) is 9.46. The van der Waals surface area contributed by atoms with E-state index in [-0.39, 0.29) is 23.5 Å². The lowest BCUT2D eigenvalue weighted by atomic mass is 9.76. The summed E-state index contributed by atoms with van der Waals surface area (Å²) in [6.45, 7) is 3.90. The highest BCUT2D eigenvalue weighted by Crippen LogP contribution is 2.42. The molecule has 2 aromatic carbocycles. The maximum absolute atomic E-state index is 10.1. The van der Waals surface area contributed by atoms with Crippen LogP contribution in [-0.2, 0) is 12.8 Å². The minimum Gasteiger partial charge on any atom is -0.508 e. The van der Waals surface area contributed by atoms with E-state index in [4.69, 9.17) is 5.73 Å². The van der Waals surface area contributed by atoms with E-state index in [0.29, 0.717) is 5.75 Å². The zero-order valence-electron chi connectivity index (χ0n) is 18.0. The predicted molar refractivity (Wildman–Crippen MR) is 121 cm³/mol. The molecule has 0 aliphatic heterocycles. The molecule has 1 aliphatic rings. The van der Waals surface area contributed by atoms with E-state index in [1.54, 1.807) is 12.1 Å². The van der Waals surface area contributed by atoms with Gasteiger partial charge in [0.25, 0.3) is 0 Å². The molecule has 5 heteroatoms. The van der Waals surface area contributed by atoms with Crippen molar-refractivity contribution >= 4 is 0 Å². The summed E-state index contributed by atoms with van der Waals surface area (Å²) in [5.74, 6) is 0.639. The van der Waals surface area contributed by atoms with Crippen LogP contribution in [0.2, 0.25) is 0 Å². The van der Waals surface area contributed by atoms with Gasteiger partial charge in [0.2, 0.25) is 0 Å². The first-order valence-corrected chi connectivity index (χ1v) is 11.3. The van der Waals surface area contributed by atoms with E-state index in [0.717, 1.165) is 68.3 Å². The first-order chi connectivity index (χ1) is 14.5. The number of aryl methyl sites for hydroxylation is 1. The Morgan fingerprint density at radius 2 is 1.73 bits per heavy atom. The lowest BCUT2D eigenvalue weighted by Crippen LogP contribution is -2.33. The van der Waals surface area contributed by atoms with Gasteiger partial charge >= 0.3 is 0 Å². The normalized spacial score (nSPS) is 18.3. The molecule has 5 nitrogen and oxygen atoms in total. The van der Waals surface area contributed by atoms with Crippen molar-refractivity contribution in [2.75, 3.05) is 13.1 Å². The van der Waals surface area contributed by atoms with E-state index < -0.39 is 0 Å². The highest BCUT2D eigenvalue weighted by molar-refractivity contribution is 5.51. The Kier molecular flexibility index (Phi) is 8.00. The minimum atomic E-state index is -0.0315. The number of hydrogen-bond acceptors (Lipinski definition) is 5. The summed E-state index contributed by atoms with van der Waals surface area (Å²) in [6.07, 6.45) is 8.28. The first kappa shape index (κ1) is 22.4. The fraction of sp³-hybridized carbons (Fsp3) is 0.520. The fourth-order valence-electron chi connectivity index (χ4n) is 4.56. The molecule has 6 N–H and O–H groups in total. The van der Waals surface area contributed by atoms with Crippen LogP contribution in [0.15, 0.2) is 30.3 Å². The van der Waals surface area contributed by atoms with Gasteiger partial charge in [-0.2, -0.15) is 0 Å². The van der Waals surface area contributed by atoms with Crippen LogP contribution in [0.1, 0.15) is 66.7 Å². The molecule has 0 saturated carbocycles. The van der Waals surface area contributed by atoms with Crippen molar-refractivity contribution in [1.82, 2.24) is 5.32 Å². The molecule has 0 amide bonds. The second-order valence-electron chi connectivity index (χ2n) is 8.63. The maximum atomic E-state index is 10.1. The molecule has 30 heavy (non-hydrogen) atoms. The number of phenols is 3. The third-order valence-corrected chi connectivity index (χ3v) is 6.41. The van der Waals surface area contributed by atoms with Crippen molar-refractivity contribution in [2.24, 2.45) is 5.73 Å². The number of unbranched alkanes of at least 4 members (excludes halogenated alkanes) is 3. The average molecular weight is 413 g/mol. The number of rotatable bonds is 10. The molecular formula is C25H36N2O3. The third kappa shape index (κ3) is 5.67. The second kappa shape index (κ2) is 10.7. The summed E-state index contributed by atoms with van der Waals surface area (Å²) < 4.78 is 0. The predicted octanol–water partition coefficient (Wildman–Crippen LogP) is 4.25. The Bertz CT molecular complexity index is 837. The van der Waals surface area contributed by atoms with Gasteiger partial charge in [0.05, 0.1) is 0 Å². The molecule has 0 aromatic heterocycles. The molecular weight excluding hydrogens is 376 g/mol. The van der Waals surface area contributed by atoms with Crippen LogP contribution in [0, 0.1) is 6.92 Å². The Balaban J connectivity index is 1.31. The number of hydrogen-bond donors (Lipinski definition) is 5. The van der Waals surface area contributed by atoms with Crippen LogP contribution in [-0.4, -0.2) is 34.5 Å². The van der Waals surface area contributed by atoms with Crippen molar-refractivity contribution < 1.29 is 15.3 Å². The smallest absolute Gasteiger partial charge is 0.160 e. The first-order valence-electron chi connectivity index (χ1n) is 11.3. The van der Waals surface area contributed by atoms with Crippen molar-refractivity contribution in [3.8, 4) is 17.2 Å². The summed E-state index contributed by atoms with van der Waals surface area (Å²) in [7, 11) is 0. The summed E-state index contributed by atoms with van der Waals surface area (Å²) >= 11 is 0. The van der Waals surface area contributed by atoms with Gasteiger partial charge in [-0.1, -0.05) is 37.5 Å². The molecule has 1 aliphatic carbocycles. The Morgan fingerprint density at radius 3 is 2.53 bits per heavy atom. The van der Waals surface area contributed by atoms with E-state index in [2.05, 4.69) is 5.32 Å². The molecule has 164 valence electrons. The maximum Gasteiger partial charge on any atom is 0.160 e. The molecule has 3 rings (SSSR count). The van der Waals surface area contributed by atoms with Crippen LogP contribution >= 0.6 is 0 Å². The molecule has 0 heterocycles. The number of aromatic hydroxyl groups is 3. The van der Waals surface area contributed by atoms with Crippen molar-refractivity contribution in [1.29, 1.82) is 0 Å². The van der Waals surface area contributed by atoms with Crippen LogP contribution in [0.3, 0.4) is 0 Å². The lowest BCUT2D eigenvalue weighted by molar-refractivity contribution is 0.380. The monoisotopic (exact) mass is 412 g/mol. The molecule has 2 unspecified atom stereocenters. The highest BCUT2D eigenvalue weighted by Gasteiger charge is 2.29. The van der Waals surface area contributed by atoms with Crippen LogP contribution in [0.4, 0.5) is 0 Å². The molecule has 2 aromatic rings. The van der Waals surface area contributed by atoms with E-state index in [1.165, 1.54) is 18.4 Å². The van der Waals surface area contributed by atoms with Crippen molar-refractivity contribution in [2.45, 2.75) is 70.3 Å². The summed E-state index contributed by atoms with van der Waals surface area (Å²) in [5.41, 5.74) is 10.6.